The Morgan fingerprint density at radius 1 is 0.970 bits per heavy atom. The maximum absolute atomic E-state index is 12.5. The van der Waals surface area contributed by atoms with E-state index in [1.165, 1.54) is 6.20 Å². The predicted molar refractivity (Wildman–Crippen MR) is 127 cm³/mol. The fraction of sp³-hybridized carbons (Fsp3) is 0. The molecule has 2 aromatic carbocycles. The van der Waals surface area contributed by atoms with Gasteiger partial charge in [0, 0.05) is 45.3 Å². The van der Waals surface area contributed by atoms with Gasteiger partial charge >= 0.3 is 0 Å². The summed E-state index contributed by atoms with van der Waals surface area (Å²) in [5, 5.41) is 19.3. The van der Waals surface area contributed by atoms with Crippen LogP contribution in [0.1, 0.15) is 10.5 Å². The van der Waals surface area contributed by atoms with Gasteiger partial charge in [0.15, 0.2) is 5.82 Å². The van der Waals surface area contributed by atoms with Crippen LogP contribution in [-0.2, 0) is 0 Å². The normalized spacial score (nSPS) is 11.2. The molecule has 33 heavy (non-hydrogen) atoms. The Balaban J connectivity index is 1.26. The summed E-state index contributed by atoms with van der Waals surface area (Å²) in [6.45, 7) is 0. The lowest BCUT2D eigenvalue weighted by Crippen LogP contribution is -2.11. The van der Waals surface area contributed by atoms with Crippen LogP contribution in [-0.4, -0.2) is 40.6 Å². The van der Waals surface area contributed by atoms with Crippen molar-refractivity contribution in [3.05, 3.63) is 72.8 Å². The molecule has 0 saturated carbocycles. The van der Waals surface area contributed by atoms with Crippen LogP contribution >= 0.6 is 11.5 Å². The zero-order valence-corrected chi connectivity index (χ0v) is 17.7. The van der Waals surface area contributed by atoms with Crippen molar-refractivity contribution in [3.63, 3.8) is 0 Å². The fourth-order valence-electron chi connectivity index (χ4n) is 3.53. The van der Waals surface area contributed by atoms with E-state index in [0.29, 0.717) is 22.3 Å². The number of aromatic nitrogens is 7. The zero-order valence-electron chi connectivity index (χ0n) is 16.9. The SMILES string of the molecule is O=C(Nc1cnns1)c1cc2ccc(-c3nccc(Nc4ccc5[nH]ncc5c4)n3)cc2[nH]1. The van der Waals surface area contributed by atoms with Crippen LogP contribution in [0.5, 0.6) is 0 Å². The molecule has 0 saturated heterocycles. The summed E-state index contributed by atoms with van der Waals surface area (Å²) >= 11 is 1.12. The summed E-state index contributed by atoms with van der Waals surface area (Å²) in [7, 11) is 0. The zero-order chi connectivity index (χ0) is 22.2. The van der Waals surface area contributed by atoms with E-state index in [9.17, 15) is 4.79 Å². The molecule has 10 nitrogen and oxygen atoms in total. The van der Waals surface area contributed by atoms with Crippen LogP contribution in [0.25, 0.3) is 33.2 Å². The lowest BCUT2D eigenvalue weighted by atomic mass is 10.1. The maximum Gasteiger partial charge on any atom is 0.272 e. The minimum atomic E-state index is -0.254. The molecule has 0 aliphatic carbocycles. The summed E-state index contributed by atoms with van der Waals surface area (Å²) in [5.74, 6) is 0.992. The molecule has 0 atom stereocenters. The Morgan fingerprint density at radius 3 is 2.85 bits per heavy atom. The lowest BCUT2D eigenvalue weighted by Gasteiger charge is -2.07. The number of nitrogens with zero attached hydrogens (tertiary/aromatic N) is 5. The van der Waals surface area contributed by atoms with Crippen molar-refractivity contribution in [2.24, 2.45) is 0 Å². The molecule has 0 unspecified atom stereocenters. The van der Waals surface area contributed by atoms with Crippen molar-refractivity contribution in [1.29, 1.82) is 0 Å². The molecular weight excluding hydrogens is 438 g/mol. The van der Waals surface area contributed by atoms with Gasteiger partial charge in [-0.25, -0.2) is 9.97 Å². The van der Waals surface area contributed by atoms with Gasteiger partial charge in [-0.1, -0.05) is 16.6 Å². The largest absolute Gasteiger partial charge is 0.350 e. The highest BCUT2D eigenvalue weighted by Gasteiger charge is 2.12. The van der Waals surface area contributed by atoms with Gasteiger partial charge < -0.3 is 15.6 Å². The highest BCUT2D eigenvalue weighted by atomic mass is 32.1. The van der Waals surface area contributed by atoms with Crippen molar-refractivity contribution in [3.8, 4) is 11.4 Å². The third-order valence-electron chi connectivity index (χ3n) is 5.09. The minimum absolute atomic E-state index is 0.254. The molecule has 4 heterocycles. The van der Waals surface area contributed by atoms with Crippen molar-refractivity contribution in [2.75, 3.05) is 10.6 Å². The van der Waals surface area contributed by atoms with Crippen LogP contribution in [0.3, 0.4) is 0 Å². The number of hydrogen-bond donors (Lipinski definition) is 4. The topological polar surface area (TPSA) is 137 Å². The van der Waals surface area contributed by atoms with Gasteiger partial charge in [-0.05, 0) is 36.4 Å². The molecule has 1 amide bonds. The summed E-state index contributed by atoms with van der Waals surface area (Å²) in [4.78, 5) is 24.7. The van der Waals surface area contributed by atoms with Gasteiger partial charge in [0.25, 0.3) is 5.91 Å². The second-order valence-corrected chi connectivity index (χ2v) is 8.07. The van der Waals surface area contributed by atoms with Gasteiger partial charge in [-0.2, -0.15) is 5.10 Å². The van der Waals surface area contributed by atoms with E-state index in [2.05, 4.69) is 45.4 Å². The number of nitrogens with one attached hydrogen (secondary N) is 4. The molecule has 6 aromatic rings. The molecule has 0 aliphatic rings. The van der Waals surface area contributed by atoms with E-state index < -0.39 is 0 Å². The number of hydrogen-bond acceptors (Lipinski definition) is 8. The number of carbonyl (C=O) groups is 1. The fourth-order valence-corrected chi connectivity index (χ4v) is 3.94. The first-order valence-electron chi connectivity index (χ1n) is 9.96. The van der Waals surface area contributed by atoms with Crippen LogP contribution in [0.4, 0.5) is 16.5 Å². The molecule has 0 radical (unpaired) electrons. The number of amides is 1. The number of aromatic amines is 2. The number of benzene rings is 2. The van der Waals surface area contributed by atoms with Gasteiger partial charge in [-0.15, -0.1) is 5.10 Å². The van der Waals surface area contributed by atoms with Crippen LogP contribution in [0, 0.1) is 0 Å². The number of anilines is 3. The third-order valence-corrected chi connectivity index (χ3v) is 5.67. The molecule has 6 rings (SSSR count). The smallest absolute Gasteiger partial charge is 0.272 e. The lowest BCUT2D eigenvalue weighted by molar-refractivity contribution is 0.102. The van der Waals surface area contributed by atoms with Gasteiger partial charge in [0.05, 0.1) is 17.9 Å². The molecular formula is C22H15N9OS. The number of fused-ring (bicyclic) bond motifs is 2. The van der Waals surface area contributed by atoms with Crippen molar-refractivity contribution in [1.82, 2.24) is 34.7 Å². The third kappa shape index (κ3) is 3.77. The predicted octanol–water partition coefficient (Wildman–Crippen LogP) is 4.35. The molecule has 0 bridgehead atoms. The Kier molecular flexibility index (Phi) is 4.51. The van der Waals surface area contributed by atoms with E-state index in [4.69, 9.17) is 0 Å². The Bertz CT molecular complexity index is 1600. The van der Waals surface area contributed by atoms with E-state index in [1.807, 2.05) is 42.5 Å². The summed E-state index contributed by atoms with van der Waals surface area (Å²) in [5.41, 5.74) is 3.96. The molecule has 4 aromatic heterocycles. The van der Waals surface area contributed by atoms with Gasteiger partial charge in [0.2, 0.25) is 0 Å². The van der Waals surface area contributed by atoms with Crippen molar-refractivity contribution in [2.45, 2.75) is 0 Å². The quantitative estimate of drug-likeness (QED) is 0.304. The summed E-state index contributed by atoms with van der Waals surface area (Å²) in [6, 6.07) is 15.3. The molecule has 0 fully saturated rings. The minimum Gasteiger partial charge on any atom is -0.350 e. The summed E-state index contributed by atoms with van der Waals surface area (Å²) < 4.78 is 3.74. The Hall–Kier alpha value is -4.64. The van der Waals surface area contributed by atoms with Crippen molar-refractivity contribution >= 4 is 55.8 Å². The second-order valence-electron chi connectivity index (χ2n) is 7.28. The number of rotatable bonds is 5. The van der Waals surface area contributed by atoms with Crippen LogP contribution < -0.4 is 10.6 Å². The van der Waals surface area contributed by atoms with Crippen LogP contribution in [0.2, 0.25) is 0 Å². The van der Waals surface area contributed by atoms with E-state index >= 15 is 0 Å². The molecule has 160 valence electrons. The first kappa shape index (κ1) is 19.1. The standard InChI is InChI=1S/C22H15N9OS/c32-22(29-20-11-25-31-33-20)18-8-12-1-2-13(9-17(12)27-18)21-23-6-5-19(28-21)26-15-3-4-16-14(7-15)10-24-30-16/h1-11,27H,(H,24,30)(H,29,32)(H,23,26,28). The summed E-state index contributed by atoms with van der Waals surface area (Å²) in [6.07, 6.45) is 5.00. The van der Waals surface area contributed by atoms with Crippen molar-refractivity contribution < 1.29 is 4.79 Å². The van der Waals surface area contributed by atoms with E-state index in [0.717, 1.165) is 44.6 Å². The van der Waals surface area contributed by atoms with E-state index in [-0.39, 0.29) is 5.91 Å². The first-order valence-corrected chi connectivity index (χ1v) is 10.7. The molecule has 0 spiro atoms. The van der Waals surface area contributed by atoms with Gasteiger partial charge in [0.1, 0.15) is 16.5 Å². The number of H-pyrrole nitrogens is 2. The highest BCUT2D eigenvalue weighted by molar-refractivity contribution is 7.10. The molecule has 11 heteroatoms. The van der Waals surface area contributed by atoms with Crippen LogP contribution in [0.15, 0.2) is 67.1 Å². The van der Waals surface area contributed by atoms with Gasteiger partial charge in [-0.3, -0.25) is 9.89 Å². The Morgan fingerprint density at radius 2 is 1.94 bits per heavy atom. The number of carbonyl (C=O) groups excluding carboxylic acids is 1. The average molecular weight is 453 g/mol. The van der Waals surface area contributed by atoms with E-state index in [1.54, 1.807) is 18.5 Å². The average Bonchev–Trinajstić information content (AvgIpc) is 3.59. The highest BCUT2D eigenvalue weighted by Crippen LogP contribution is 2.25. The molecule has 4 N–H and O–H groups in total. The second kappa shape index (κ2) is 7.80. The molecule has 0 aliphatic heterocycles. The Labute approximate surface area is 190 Å². The maximum atomic E-state index is 12.5. The monoisotopic (exact) mass is 453 g/mol. The first-order chi connectivity index (χ1) is 16.2.